The summed E-state index contributed by atoms with van der Waals surface area (Å²) in [4.78, 5) is 2.19. The maximum atomic E-state index is 6.16. The number of rotatable bonds is 6. The average Bonchev–Trinajstić information content (AvgIpc) is 2.44. The molecule has 0 aliphatic carbocycles. The minimum Gasteiger partial charge on any atom is -0.309 e. The lowest BCUT2D eigenvalue weighted by Gasteiger charge is -2.14. The largest absolute Gasteiger partial charge is 0.309 e. The Bertz CT molecular complexity index is 594. The molecule has 0 aliphatic heterocycles. The van der Waals surface area contributed by atoms with Crippen molar-refractivity contribution in [3.63, 3.8) is 0 Å². The van der Waals surface area contributed by atoms with E-state index in [1.54, 1.807) is 0 Å². The first-order chi connectivity index (χ1) is 10.1. The smallest absolute Gasteiger partial charge is 0.0438 e. The van der Waals surface area contributed by atoms with Crippen molar-refractivity contribution >= 4 is 11.6 Å². The van der Waals surface area contributed by atoms with Crippen LogP contribution in [0.2, 0.25) is 5.02 Å². The second kappa shape index (κ2) is 7.60. The molecular formula is C18H23ClN2. The summed E-state index contributed by atoms with van der Waals surface area (Å²) in [6, 6.07) is 14.8. The Morgan fingerprint density at radius 3 is 2.38 bits per heavy atom. The number of hydrogen-bond donors (Lipinski definition) is 1. The maximum absolute atomic E-state index is 6.16. The van der Waals surface area contributed by atoms with Crippen molar-refractivity contribution in [3.05, 3.63) is 69.7 Å². The number of hydrogen-bond acceptors (Lipinski definition) is 2. The van der Waals surface area contributed by atoms with Crippen LogP contribution in [0.4, 0.5) is 0 Å². The average molecular weight is 303 g/mol. The fraction of sp³-hybridized carbons (Fsp3) is 0.333. The fourth-order valence-electron chi connectivity index (χ4n) is 2.31. The minimum absolute atomic E-state index is 0.830. The molecule has 0 radical (unpaired) electrons. The third-order valence-corrected chi connectivity index (χ3v) is 3.89. The van der Waals surface area contributed by atoms with Crippen LogP contribution in [0.15, 0.2) is 42.5 Å². The van der Waals surface area contributed by atoms with Crippen molar-refractivity contribution in [1.82, 2.24) is 10.2 Å². The zero-order valence-corrected chi connectivity index (χ0v) is 13.7. The second-order valence-electron chi connectivity index (χ2n) is 5.69. The van der Waals surface area contributed by atoms with Gasteiger partial charge in [-0.2, -0.15) is 0 Å². The number of halogens is 1. The van der Waals surface area contributed by atoms with E-state index in [4.69, 9.17) is 11.6 Å². The van der Waals surface area contributed by atoms with E-state index in [-0.39, 0.29) is 0 Å². The summed E-state index contributed by atoms with van der Waals surface area (Å²) in [5.74, 6) is 0. The lowest BCUT2D eigenvalue weighted by molar-refractivity contribution is 0.400. The van der Waals surface area contributed by atoms with Gasteiger partial charge in [-0.3, -0.25) is 0 Å². The van der Waals surface area contributed by atoms with Gasteiger partial charge >= 0.3 is 0 Å². The molecule has 2 nitrogen and oxygen atoms in total. The first kappa shape index (κ1) is 16.0. The summed E-state index contributed by atoms with van der Waals surface area (Å²) < 4.78 is 0. The molecule has 0 heterocycles. The van der Waals surface area contributed by atoms with E-state index in [0.29, 0.717) is 0 Å². The van der Waals surface area contributed by atoms with Gasteiger partial charge in [-0.05, 0) is 49.3 Å². The highest BCUT2D eigenvalue weighted by molar-refractivity contribution is 6.31. The van der Waals surface area contributed by atoms with Gasteiger partial charge in [0, 0.05) is 24.7 Å². The Balaban J connectivity index is 1.95. The van der Waals surface area contributed by atoms with E-state index in [1.807, 2.05) is 13.0 Å². The van der Waals surface area contributed by atoms with Gasteiger partial charge in [0.2, 0.25) is 0 Å². The van der Waals surface area contributed by atoms with Crippen molar-refractivity contribution in [1.29, 1.82) is 0 Å². The molecule has 2 aromatic carbocycles. The zero-order valence-electron chi connectivity index (χ0n) is 13.0. The number of nitrogens with zero attached hydrogens (tertiary/aromatic N) is 1. The third-order valence-electron chi connectivity index (χ3n) is 3.49. The molecule has 0 bridgehead atoms. The second-order valence-corrected chi connectivity index (χ2v) is 6.10. The standard InChI is InChI=1S/C18H23ClN2/c1-14-8-9-15(10-18(14)19)11-20-12-16-6-4-5-7-17(16)13-21(2)3/h4-10,20H,11-13H2,1-3H3. The van der Waals surface area contributed by atoms with Crippen molar-refractivity contribution < 1.29 is 0 Å². The van der Waals surface area contributed by atoms with Gasteiger partial charge < -0.3 is 10.2 Å². The Morgan fingerprint density at radius 1 is 1.00 bits per heavy atom. The van der Waals surface area contributed by atoms with E-state index in [1.165, 1.54) is 16.7 Å². The fourth-order valence-corrected chi connectivity index (χ4v) is 2.52. The van der Waals surface area contributed by atoms with Crippen LogP contribution in [0, 0.1) is 6.92 Å². The monoisotopic (exact) mass is 302 g/mol. The first-order valence-electron chi connectivity index (χ1n) is 7.23. The van der Waals surface area contributed by atoms with Gasteiger partial charge in [-0.15, -0.1) is 0 Å². The van der Waals surface area contributed by atoms with E-state index in [0.717, 1.165) is 30.2 Å². The van der Waals surface area contributed by atoms with E-state index >= 15 is 0 Å². The molecule has 1 N–H and O–H groups in total. The first-order valence-corrected chi connectivity index (χ1v) is 7.61. The molecule has 0 amide bonds. The molecule has 0 aliphatic rings. The van der Waals surface area contributed by atoms with Crippen molar-refractivity contribution in [3.8, 4) is 0 Å². The zero-order chi connectivity index (χ0) is 15.2. The van der Waals surface area contributed by atoms with Crippen molar-refractivity contribution in [2.45, 2.75) is 26.6 Å². The van der Waals surface area contributed by atoms with E-state index < -0.39 is 0 Å². The van der Waals surface area contributed by atoms with Crippen molar-refractivity contribution in [2.24, 2.45) is 0 Å². The Kier molecular flexibility index (Phi) is 5.80. The summed E-state index contributed by atoms with van der Waals surface area (Å²) in [7, 11) is 4.19. The Morgan fingerprint density at radius 2 is 1.71 bits per heavy atom. The molecule has 0 aromatic heterocycles. The number of benzene rings is 2. The van der Waals surface area contributed by atoms with Crippen LogP contribution >= 0.6 is 11.6 Å². The molecule has 0 fully saturated rings. The molecule has 0 spiro atoms. The number of nitrogens with one attached hydrogen (secondary N) is 1. The van der Waals surface area contributed by atoms with Crippen molar-refractivity contribution in [2.75, 3.05) is 14.1 Å². The summed E-state index contributed by atoms with van der Waals surface area (Å²) in [5.41, 5.74) is 5.06. The molecule has 0 atom stereocenters. The Labute approximate surface area is 132 Å². The quantitative estimate of drug-likeness (QED) is 0.867. The molecule has 0 saturated carbocycles. The predicted octanol–water partition coefficient (Wildman–Crippen LogP) is 4.00. The minimum atomic E-state index is 0.830. The van der Waals surface area contributed by atoms with Gasteiger partial charge in [0.25, 0.3) is 0 Å². The normalized spacial score (nSPS) is 11.1. The molecule has 21 heavy (non-hydrogen) atoms. The van der Waals surface area contributed by atoms with Crippen LogP contribution in [0.5, 0.6) is 0 Å². The number of aryl methyl sites for hydroxylation is 1. The summed E-state index contributed by atoms with van der Waals surface area (Å²) in [5, 5.41) is 4.34. The van der Waals surface area contributed by atoms with Crippen LogP contribution in [0.25, 0.3) is 0 Å². The van der Waals surface area contributed by atoms with Gasteiger partial charge in [0.15, 0.2) is 0 Å². The third kappa shape index (κ3) is 4.85. The topological polar surface area (TPSA) is 15.3 Å². The predicted molar refractivity (Wildman–Crippen MR) is 90.6 cm³/mol. The van der Waals surface area contributed by atoms with Gasteiger partial charge in [-0.25, -0.2) is 0 Å². The SMILES string of the molecule is Cc1ccc(CNCc2ccccc2CN(C)C)cc1Cl. The van der Waals surface area contributed by atoms with Gasteiger partial charge in [0.05, 0.1) is 0 Å². The van der Waals surface area contributed by atoms with Crippen LogP contribution in [0.3, 0.4) is 0 Å². The van der Waals surface area contributed by atoms with Gasteiger partial charge in [-0.1, -0.05) is 48.0 Å². The summed E-state index contributed by atoms with van der Waals surface area (Å²) in [6.45, 7) is 4.69. The summed E-state index contributed by atoms with van der Waals surface area (Å²) in [6.07, 6.45) is 0. The maximum Gasteiger partial charge on any atom is 0.0438 e. The molecule has 3 heteroatoms. The van der Waals surface area contributed by atoms with Gasteiger partial charge in [0.1, 0.15) is 0 Å². The van der Waals surface area contributed by atoms with Crippen LogP contribution in [-0.2, 0) is 19.6 Å². The van der Waals surface area contributed by atoms with Crippen LogP contribution in [-0.4, -0.2) is 19.0 Å². The highest BCUT2D eigenvalue weighted by Gasteiger charge is 2.03. The summed E-state index contributed by atoms with van der Waals surface area (Å²) >= 11 is 6.16. The molecule has 2 aromatic rings. The van der Waals surface area contributed by atoms with Crippen LogP contribution < -0.4 is 5.32 Å². The lowest BCUT2D eigenvalue weighted by atomic mass is 10.1. The van der Waals surface area contributed by atoms with E-state index in [2.05, 4.69) is 60.7 Å². The Hall–Kier alpha value is -1.35. The molecular weight excluding hydrogens is 280 g/mol. The highest BCUT2D eigenvalue weighted by Crippen LogP contribution is 2.17. The highest BCUT2D eigenvalue weighted by atomic mass is 35.5. The molecule has 2 rings (SSSR count). The molecule has 0 unspecified atom stereocenters. The van der Waals surface area contributed by atoms with E-state index in [9.17, 15) is 0 Å². The molecule has 112 valence electrons. The molecule has 0 saturated heterocycles. The van der Waals surface area contributed by atoms with Crippen LogP contribution in [0.1, 0.15) is 22.3 Å². The lowest BCUT2D eigenvalue weighted by Crippen LogP contribution is -2.17.